The summed E-state index contributed by atoms with van der Waals surface area (Å²) in [5, 5.41) is 55.3. The lowest BCUT2D eigenvalue weighted by molar-refractivity contribution is -0.170. The van der Waals surface area contributed by atoms with Gasteiger partial charge in [0.1, 0.15) is 0 Å². The highest BCUT2D eigenvalue weighted by Gasteiger charge is 2.40. The van der Waals surface area contributed by atoms with Gasteiger partial charge in [-0.1, -0.05) is 0 Å². The molecule has 0 saturated carbocycles. The van der Waals surface area contributed by atoms with Crippen LogP contribution in [0.2, 0.25) is 0 Å². The van der Waals surface area contributed by atoms with Crippen LogP contribution in [0.1, 0.15) is 12.8 Å². The fourth-order valence-electron chi connectivity index (χ4n) is 0.714. The van der Waals surface area contributed by atoms with Crippen molar-refractivity contribution in [1.82, 2.24) is 0 Å². The molecule has 0 aromatic heterocycles. The third-order valence-corrected chi connectivity index (χ3v) is 1.29. The van der Waals surface area contributed by atoms with Crippen LogP contribution < -0.4 is 0 Å². The van der Waals surface area contributed by atoms with Crippen molar-refractivity contribution in [1.29, 1.82) is 0 Å². The molecule has 0 heterocycles. The van der Waals surface area contributed by atoms with Gasteiger partial charge < -0.3 is 41.0 Å². The molecule has 18 heavy (non-hydrogen) atoms. The number of aliphatic carboxylic acids is 3. The van der Waals surface area contributed by atoms with Crippen molar-refractivity contribution in [2.45, 2.75) is 18.4 Å². The minimum atomic E-state index is -2.74. The first-order valence-corrected chi connectivity index (χ1v) is 3.95. The van der Waals surface area contributed by atoms with E-state index in [9.17, 15) is 14.4 Å². The van der Waals surface area contributed by atoms with Gasteiger partial charge >= 0.3 is 25.2 Å². The molecule has 0 radical (unpaired) electrons. The van der Waals surface area contributed by atoms with Gasteiger partial charge in [-0.2, -0.15) is 0 Å². The summed E-state index contributed by atoms with van der Waals surface area (Å²) in [6.45, 7) is 0. The Morgan fingerprint density at radius 3 is 1.22 bits per heavy atom. The molecule has 106 valence electrons. The lowest BCUT2D eigenvalue weighted by Crippen LogP contribution is -2.42. The molecule has 0 saturated heterocycles. The van der Waals surface area contributed by atoms with Crippen molar-refractivity contribution in [2.24, 2.45) is 0 Å². The molecule has 0 aliphatic carbocycles. The van der Waals surface area contributed by atoms with Crippen LogP contribution in [-0.4, -0.2) is 71.8 Å². The standard InChI is InChI=1S/C6H8O7.BH3O3.H2O/c7-3(8)1-6(13,5(11)12)2-4(9)10;2-1(3)4;/h13H,1-2H2,(H,7,8)(H,9,10)(H,11,12);2-4H;1H2. The Kier molecular flexibility index (Phi) is 11.2. The Bertz CT molecular complexity index is 269. The van der Waals surface area contributed by atoms with E-state index in [1.165, 1.54) is 0 Å². The quantitative estimate of drug-likeness (QED) is 0.239. The van der Waals surface area contributed by atoms with Crippen molar-refractivity contribution in [3.63, 3.8) is 0 Å². The van der Waals surface area contributed by atoms with Gasteiger partial charge in [0.15, 0.2) is 5.60 Å². The van der Waals surface area contributed by atoms with Gasteiger partial charge in [0.05, 0.1) is 12.8 Å². The molecule has 11 nitrogen and oxygen atoms in total. The van der Waals surface area contributed by atoms with Crippen LogP contribution in [0.15, 0.2) is 0 Å². The molecule has 0 atom stereocenters. The highest BCUT2D eigenvalue weighted by atomic mass is 16.5. The summed E-state index contributed by atoms with van der Waals surface area (Å²) in [6.07, 6.45) is -2.29. The summed E-state index contributed by atoms with van der Waals surface area (Å²) in [4.78, 5) is 30.5. The molecule has 9 N–H and O–H groups in total. The third kappa shape index (κ3) is 12.3. The first-order valence-electron chi connectivity index (χ1n) is 3.95. The highest BCUT2D eigenvalue weighted by molar-refractivity contribution is 6.30. The van der Waals surface area contributed by atoms with E-state index in [0.717, 1.165) is 0 Å². The summed E-state index contributed by atoms with van der Waals surface area (Å²) >= 11 is 0. The van der Waals surface area contributed by atoms with Gasteiger partial charge in [0.25, 0.3) is 0 Å². The van der Waals surface area contributed by atoms with Crippen molar-refractivity contribution in [3.05, 3.63) is 0 Å². The van der Waals surface area contributed by atoms with Crippen LogP contribution in [0.5, 0.6) is 0 Å². The second-order valence-corrected chi connectivity index (χ2v) is 2.82. The van der Waals surface area contributed by atoms with Crippen molar-refractivity contribution >= 4 is 25.2 Å². The Morgan fingerprint density at radius 2 is 1.11 bits per heavy atom. The molecule has 0 amide bonds. The molecule has 0 fully saturated rings. The van der Waals surface area contributed by atoms with E-state index in [1.54, 1.807) is 0 Å². The number of carbonyl (C=O) groups is 3. The second kappa shape index (κ2) is 9.32. The van der Waals surface area contributed by atoms with Crippen LogP contribution in [0.4, 0.5) is 0 Å². The van der Waals surface area contributed by atoms with Gasteiger partial charge in [-0.25, -0.2) is 4.79 Å². The summed E-state index contributed by atoms with van der Waals surface area (Å²) in [6, 6.07) is 0. The predicted octanol–water partition coefficient (Wildman–Crippen LogP) is -4.12. The Hall–Kier alpha value is -1.73. The second-order valence-electron chi connectivity index (χ2n) is 2.82. The number of hydrogen-bond donors (Lipinski definition) is 7. The van der Waals surface area contributed by atoms with Crippen LogP contribution in [0.3, 0.4) is 0 Å². The third-order valence-electron chi connectivity index (χ3n) is 1.29. The van der Waals surface area contributed by atoms with E-state index in [4.69, 9.17) is 35.5 Å². The number of rotatable bonds is 5. The normalized spacial score (nSPS) is 9.33. The predicted molar refractivity (Wildman–Crippen MR) is 53.1 cm³/mol. The van der Waals surface area contributed by atoms with E-state index in [0.29, 0.717) is 0 Å². The van der Waals surface area contributed by atoms with Gasteiger partial charge in [-0.15, -0.1) is 0 Å². The van der Waals surface area contributed by atoms with E-state index in [1.807, 2.05) is 0 Å². The average Bonchev–Trinajstić information content (AvgIpc) is 1.98. The number of carboxylic acids is 3. The Labute approximate surface area is 100 Å². The Morgan fingerprint density at radius 1 is 0.889 bits per heavy atom. The SMILES string of the molecule is O.O=C(O)CC(O)(CC(=O)O)C(=O)O.OB(O)O. The van der Waals surface area contributed by atoms with Gasteiger partial charge in [-0.3, -0.25) is 9.59 Å². The first-order chi connectivity index (χ1) is 7.51. The van der Waals surface area contributed by atoms with Gasteiger partial charge in [0.2, 0.25) is 0 Å². The lowest BCUT2D eigenvalue weighted by atomic mass is 9.96. The van der Waals surface area contributed by atoms with E-state index >= 15 is 0 Å². The summed E-state index contributed by atoms with van der Waals surface area (Å²) in [7, 11) is -2.17. The summed E-state index contributed by atoms with van der Waals surface area (Å²) < 4.78 is 0. The smallest absolute Gasteiger partial charge is 0.481 e. The Balaban J connectivity index is -0.000000392. The molecule has 0 aliphatic rings. The van der Waals surface area contributed by atoms with Gasteiger partial charge in [0, 0.05) is 0 Å². The first kappa shape index (κ1) is 21.5. The number of hydrogen-bond acceptors (Lipinski definition) is 7. The van der Waals surface area contributed by atoms with Crippen molar-refractivity contribution < 1.29 is 55.4 Å². The molecule has 0 spiro atoms. The molecule has 12 heteroatoms. The summed E-state index contributed by atoms with van der Waals surface area (Å²) in [5.74, 6) is -5.02. The maximum absolute atomic E-state index is 10.3. The molecule has 0 unspecified atom stereocenters. The van der Waals surface area contributed by atoms with Crippen LogP contribution >= 0.6 is 0 Å². The number of carboxylic acid groups (broad SMARTS) is 3. The maximum atomic E-state index is 10.3. The number of aliphatic hydroxyl groups is 1. The van der Waals surface area contributed by atoms with Crippen LogP contribution in [-0.2, 0) is 14.4 Å². The van der Waals surface area contributed by atoms with Crippen LogP contribution in [0.25, 0.3) is 0 Å². The minimum absolute atomic E-state index is 0. The minimum Gasteiger partial charge on any atom is -0.481 e. The largest absolute Gasteiger partial charge is 0.631 e. The fourth-order valence-corrected chi connectivity index (χ4v) is 0.714. The molecule has 0 bridgehead atoms. The van der Waals surface area contributed by atoms with E-state index in [-0.39, 0.29) is 5.48 Å². The van der Waals surface area contributed by atoms with Crippen molar-refractivity contribution in [2.75, 3.05) is 0 Å². The average molecular weight is 272 g/mol. The molecular formula is C6H13BO11. The van der Waals surface area contributed by atoms with Gasteiger partial charge in [-0.05, 0) is 0 Å². The molecule has 0 aromatic carbocycles. The zero-order valence-electron chi connectivity index (χ0n) is 8.85. The maximum Gasteiger partial charge on any atom is 0.631 e. The molecule has 0 aromatic rings. The molecule has 0 rings (SSSR count). The monoisotopic (exact) mass is 272 g/mol. The molecular weight excluding hydrogens is 259 g/mol. The fraction of sp³-hybridized carbons (Fsp3) is 0.500. The topological polar surface area (TPSA) is 224 Å². The van der Waals surface area contributed by atoms with Crippen molar-refractivity contribution in [3.8, 4) is 0 Å². The molecule has 0 aliphatic heterocycles. The lowest BCUT2D eigenvalue weighted by Gasteiger charge is -2.18. The van der Waals surface area contributed by atoms with Crippen LogP contribution in [0, 0.1) is 0 Å². The summed E-state index contributed by atoms with van der Waals surface area (Å²) in [5.41, 5.74) is -2.74. The van der Waals surface area contributed by atoms with E-state index in [2.05, 4.69) is 0 Å². The zero-order valence-corrected chi connectivity index (χ0v) is 8.85. The highest BCUT2D eigenvalue weighted by Crippen LogP contribution is 2.15. The zero-order chi connectivity index (χ0) is 14.2. The van der Waals surface area contributed by atoms with E-state index < -0.39 is 43.7 Å².